The van der Waals surface area contributed by atoms with Crippen LogP contribution < -0.4 is 0 Å². The lowest BCUT2D eigenvalue weighted by molar-refractivity contribution is -0.134. The van der Waals surface area contributed by atoms with E-state index >= 15 is 0 Å². The second-order valence-electron chi connectivity index (χ2n) is 5.22. The van der Waals surface area contributed by atoms with Gasteiger partial charge in [0.15, 0.2) is 0 Å². The van der Waals surface area contributed by atoms with E-state index in [1.807, 2.05) is 20.8 Å². The average Bonchev–Trinajstić information content (AvgIpc) is 3.14. The Morgan fingerprint density at radius 3 is 2.64 bits per heavy atom. The SMILES string of the molecule is CCc1noc(C)c1C(=O)N1CSC[C@H]1C(=O)N(CC)CC. The zero-order valence-electron chi connectivity index (χ0n) is 13.6. The van der Waals surface area contributed by atoms with Gasteiger partial charge in [0.1, 0.15) is 17.4 Å². The standard InChI is InChI=1S/C15H23N3O3S/c1-5-11-13(10(4)21-16-11)15(20)18-9-22-8-12(18)14(19)17(6-2)7-3/h12H,5-9H2,1-4H3/t12-/m0/s1. The number of carbonyl (C=O) groups excluding carboxylic acids is 2. The molecule has 0 unspecified atom stereocenters. The maximum absolute atomic E-state index is 12.9. The Kier molecular flexibility index (Phi) is 5.50. The van der Waals surface area contributed by atoms with Gasteiger partial charge in [-0.2, -0.15) is 0 Å². The van der Waals surface area contributed by atoms with E-state index in [0.717, 1.165) is 0 Å². The molecule has 0 bridgehead atoms. The highest BCUT2D eigenvalue weighted by atomic mass is 32.2. The van der Waals surface area contributed by atoms with E-state index in [2.05, 4.69) is 5.16 Å². The molecule has 1 atom stereocenters. The lowest BCUT2D eigenvalue weighted by Gasteiger charge is -2.28. The topological polar surface area (TPSA) is 66.7 Å². The number of likely N-dealkylation sites (N-methyl/N-ethyl adjacent to an activating group) is 1. The first-order valence-corrected chi connectivity index (χ1v) is 8.83. The van der Waals surface area contributed by atoms with Crippen LogP contribution in [0, 0.1) is 6.92 Å². The summed E-state index contributed by atoms with van der Waals surface area (Å²) in [5.74, 6) is 1.58. The van der Waals surface area contributed by atoms with Gasteiger partial charge in [-0.25, -0.2) is 0 Å². The minimum absolute atomic E-state index is 0.0236. The summed E-state index contributed by atoms with van der Waals surface area (Å²) in [4.78, 5) is 28.9. The number of carbonyl (C=O) groups is 2. The molecule has 0 radical (unpaired) electrons. The van der Waals surface area contributed by atoms with Gasteiger partial charge in [-0.15, -0.1) is 11.8 Å². The van der Waals surface area contributed by atoms with E-state index in [1.165, 1.54) is 0 Å². The van der Waals surface area contributed by atoms with E-state index < -0.39 is 6.04 Å². The number of aryl methyl sites for hydroxylation is 2. The van der Waals surface area contributed by atoms with Crippen LogP contribution in [0.25, 0.3) is 0 Å². The van der Waals surface area contributed by atoms with Gasteiger partial charge in [-0.3, -0.25) is 9.59 Å². The first-order valence-electron chi connectivity index (χ1n) is 7.67. The predicted molar refractivity (Wildman–Crippen MR) is 85.8 cm³/mol. The van der Waals surface area contributed by atoms with Gasteiger partial charge in [0.05, 0.1) is 11.6 Å². The van der Waals surface area contributed by atoms with Crippen LogP contribution in [0.4, 0.5) is 0 Å². The minimum atomic E-state index is -0.392. The molecule has 6 nitrogen and oxygen atoms in total. The maximum atomic E-state index is 12.9. The third kappa shape index (κ3) is 2.99. The van der Waals surface area contributed by atoms with E-state index in [-0.39, 0.29) is 11.8 Å². The van der Waals surface area contributed by atoms with Gasteiger partial charge in [-0.05, 0) is 27.2 Å². The van der Waals surface area contributed by atoms with Crippen LogP contribution in [-0.2, 0) is 11.2 Å². The predicted octanol–water partition coefficient (Wildman–Crippen LogP) is 1.93. The van der Waals surface area contributed by atoms with Gasteiger partial charge in [0.2, 0.25) is 5.91 Å². The van der Waals surface area contributed by atoms with E-state index in [4.69, 9.17) is 4.52 Å². The highest BCUT2D eigenvalue weighted by molar-refractivity contribution is 7.99. The summed E-state index contributed by atoms with van der Waals surface area (Å²) >= 11 is 1.61. The van der Waals surface area contributed by atoms with Gasteiger partial charge >= 0.3 is 0 Å². The Balaban J connectivity index is 2.25. The number of hydrogen-bond acceptors (Lipinski definition) is 5. The number of rotatable bonds is 5. The van der Waals surface area contributed by atoms with Crippen LogP contribution in [0.5, 0.6) is 0 Å². The molecule has 2 heterocycles. The molecular formula is C15H23N3O3S. The molecule has 0 spiro atoms. The van der Waals surface area contributed by atoms with Gasteiger partial charge in [-0.1, -0.05) is 12.1 Å². The zero-order chi connectivity index (χ0) is 16.3. The van der Waals surface area contributed by atoms with Crippen LogP contribution in [0.15, 0.2) is 4.52 Å². The highest BCUT2D eigenvalue weighted by Crippen LogP contribution is 2.27. The van der Waals surface area contributed by atoms with Crippen molar-refractivity contribution in [3.8, 4) is 0 Å². The summed E-state index contributed by atoms with van der Waals surface area (Å²) in [6, 6.07) is -0.392. The van der Waals surface area contributed by atoms with E-state index in [9.17, 15) is 9.59 Å². The molecule has 1 aromatic rings. The molecule has 2 amide bonds. The molecule has 0 N–H and O–H groups in total. The van der Waals surface area contributed by atoms with Crippen molar-refractivity contribution in [3.05, 3.63) is 17.0 Å². The zero-order valence-corrected chi connectivity index (χ0v) is 14.4. The van der Waals surface area contributed by atoms with Crippen molar-refractivity contribution in [2.45, 2.75) is 40.2 Å². The van der Waals surface area contributed by atoms with Crippen molar-refractivity contribution in [2.75, 3.05) is 24.7 Å². The molecule has 1 aromatic heterocycles. The molecule has 1 aliphatic rings. The Labute approximate surface area is 135 Å². The van der Waals surface area contributed by atoms with Crippen molar-refractivity contribution >= 4 is 23.6 Å². The summed E-state index contributed by atoms with van der Waals surface area (Å²) in [6.07, 6.45) is 0.633. The van der Waals surface area contributed by atoms with Crippen molar-refractivity contribution in [3.63, 3.8) is 0 Å². The lowest BCUT2D eigenvalue weighted by atomic mass is 10.1. The van der Waals surface area contributed by atoms with Crippen LogP contribution in [-0.4, -0.2) is 57.5 Å². The number of aromatic nitrogens is 1. The molecular weight excluding hydrogens is 302 g/mol. The Morgan fingerprint density at radius 1 is 1.36 bits per heavy atom. The molecule has 1 aliphatic heterocycles. The second-order valence-corrected chi connectivity index (χ2v) is 6.21. The molecule has 2 rings (SSSR count). The molecule has 0 aromatic carbocycles. The van der Waals surface area contributed by atoms with Crippen molar-refractivity contribution in [1.82, 2.24) is 15.0 Å². The maximum Gasteiger partial charge on any atom is 0.260 e. The molecule has 0 aliphatic carbocycles. The van der Waals surface area contributed by atoms with Gasteiger partial charge in [0, 0.05) is 18.8 Å². The summed E-state index contributed by atoms with van der Waals surface area (Å²) in [5, 5.41) is 3.94. The number of nitrogens with zero attached hydrogens (tertiary/aromatic N) is 3. The fourth-order valence-corrected chi connectivity index (χ4v) is 3.82. The summed E-state index contributed by atoms with van der Waals surface area (Å²) in [6.45, 7) is 8.90. The second kappa shape index (κ2) is 7.17. The minimum Gasteiger partial charge on any atom is -0.361 e. The summed E-state index contributed by atoms with van der Waals surface area (Å²) in [5.41, 5.74) is 1.18. The molecule has 1 fully saturated rings. The third-order valence-electron chi connectivity index (χ3n) is 3.99. The Hall–Kier alpha value is -1.50. The smallest absolute Gasteiger partial charge is 0.260 e. The number of hydrogen-bond donors (Lipinski definition) is 0. The van der Waals surface area contributed by atoms with Crippen molar-refractivity contribution in [2.24, 2.45) is 0 Å². The van der Waals surface area contributed by atoms with Crippen molar-refractivity contribution < 1.29 is 14.1 Å². The van der Waals surface area contributed by atoms with Crippen LogP contribution >= 0.6 is 11.8 Å². The molecule has 122 valence electrons. The van der Waals surface area contributed by atoms with Crippen LogP contribution in [0.3, 0.4) is 0 Å². The molecule has 0 saturated carbocycles. The quantitative estimate of drug-likeness (QED) is 0.827. The fraction of sp³-hybridized carbons (Fsp3) is 0.667. The van der Waals surface area contributed by atoms with Crippen molar-refractivity contribution in [1.29, 1.82) is 0 Å². The average molecular weight is 325 g/mol. The number of thioether (sulfide) groups is 1. The third-order valence-corrected chi connectivity index (χ3v) is 5.00. The van der Waals surface area contributed by atoms with Gasteiger partial charge < -0.3 is 14.3 Å². The molecule has 7 heteroatoms. The summed E-state index contributed by atoms with van der Waals surface area (Å²) < 4.78 is 5.15. The lowest BCUT2D eigenvalue weighted by Crippen LogP contribution is -2.49. The van der Waals surface area contributed by atoms with Crippen LogP contribution in [0.1, 0.15) is 42.6 Å². The van der Waals surface area contributed by atoms with Crippen LogP contribution in [0.2, 0.25) is 0 Å². The normalized spacial score (nSPS) is 17.8. The van der Waals surface area contributed by atoms with E-state index in [1.54, 1.807) is 28.5 Å². The fourth-order valence-electron chi connectivity index (χ4n) is 2.67. The summed E-state index contributed by atoms with van der Waals surface area (Å²) in [7, 11) is 0. The number of amides is 2. The first-order chi connectivity index (χ1) is 10.5. The highest BCUT2D eigenvalue weighted by Gasteiger charge is 2.38. The first kappa shape index (κ1) is 16.9. The molecule has 22 heavy (non-hydrogen) atoms. The molecule has 1 saturated heterocycles. The van der Waals surface area contributed by atoms with E-state index in [0.29, 0.717) is 48.2 Å². The monoisotopic (exact) mass is 325 g/mol. The van der Waals surface area contributed by atoms with Gasteiger partial charge in [0.25, 0.3) is 5.91 Å². The Morgan fingerprint density at radius 2 is 2.05 bits per heavy atom. The largest absolute Gasteiger partial charge is 0.361 e. The Bertz CT molecular complexity index is 554.